The molecule has 0 nitrogen and oxygen atoms in total. The van der Waals surface area contributed by atoms with Gasteiger partial charge in [0.05, 0.1) is 5.38 Å². The lowest BCUT2D eigenvalue weighted by Gasteiger charge is -2.09. The van der Waals surface area contributed by atoms with Gasteiger partial charge in [0.25, 0.3) is 0 Å². The number of aryl methyl sites for hydroxylation is 3. The van der Waals surface area contributed by atoms with E-state index in [9.17, 15) is 0 Å². The van der Waals surface area contributed by atoms with Crippen molar-refractivity contribution in [3.63, 3.8) is 0 Å². The minimum atomic E-state index is 0.0912. The van der Waals surface area contributed by atoms with Crippen LogP contribution in [-0.4, -0.2) is 0 Å². The lowest BCUT2D eigenvalue weighted by atomic mass is 10.0. The van der Waals surface area contributed by atoms with Crippen molar-refractivity contribution in [1.29, 1.82) is 0 Å². The largest absolute Gasteiger partial charge is 0.144 e. The van der Waals surface area contributed by atoms with Gasteiger partial charge in [-0.3, -0.25) is 0 Å². The first-order valence-electron chi connectivity index (χ1n) is 5.83. The highest BCUT2D eigenvalue weighted by Gasteiger charge is 2.13. The number of alkyl halides is 1. The molecule has 17 heavy (non-hydrogen) atoms. The second-order valence-electron chi connectivity index (χ2n) is 4.49. The smallest absolute Gasteiger partial charge is 0.0719 e. The molecule has 0 aliphatic carbocycles. The first kappa shape index (κ1) is 12.7. The van der Waals surface area contributed by atoms with E-state index in [1.54, 1.807) is 0 Å². The van der Waals surface area contributed by atoms with E-state index in [0.717, 1.165) is 6.42 Å². The zero-order chi connectivity index (χ0) is 12.4. The molecule has 0 radical (unpaired) electrons. The van der Waals surface area contributed by atoms with Gasteiger partial charge < -0.3 is 0 Å². The Labute approximate surface area is 112 Å². The van der Waals surface area contributed by atoms with Crippen LogP contribution < -0.4 is 0 Å². The fourth-order valence-corrected chi connectivity index (χ4v) is 3.27. The van der Waals surface area contributed by atoms with E-state index >= 15 is 0 Å². The van der Waals surface area contributed by atoms with Crippen LogP contribution in [0.3, 0.4) is 0 Å². The van der Waals surface area contributed by atoms with Gasteiger partial charge >= 0.3 is 0 Å². The maximum absolute atomic E-state index is 6.51. The van der Waals surface area contributed by atoms with Crippen LogP contribution in [0.5, 0.6) is 0 Å². The van der Waals surface area contributed by atoms with E-state index < -0.39 is 0 Å². The minimum absolute atomic E-state index is 0.0912. The van der Waals surface area contributed by atoms with Crippen LogP contribution in [0.25, 0.3) is 0 Å². The molecule has 0 amide bonds. The van der Waals surface area contributed by atoms with Gasteiger partial charge in [0, 0.05) is 9.75 Å². The van der Waals surface area contributed by atoms with Crippen molar-refractivity contribution in [2.45, 2.75) is 32.6 Å². The molecule has 0 aliphatic heterocycles. The Bertz CT molecular complexity index is 494. The van der Waals surface area contributed by atoms with Gasteiger partial charge in [0.15, 0.2) is 0 Å². The Morgan fingerprint density at radius 1 is 1.12 bits per heavy atom. The summed E-state index contributed by atoms with van der Waals surface area (Å²) in [7, 11) is 0. The molecule has 0 saturated carbocycles. The fourth-order valence-electron chi connectivity index (χ4n) is 1.89. The van der Waals surface area contributed by atoms with Crippen molar-refractivity contribution in [3.8, 4) is 0 Å². The molecule has 0 N–H and O–H groups in total. The minimum Gasteiger partial charge on any atom is -0.144 e. The van der Waals surface area contributed by atoms with Gasteiger partial charge in [-0.2, -0.15) is 0 Å². The average Bonchev–Trinajstić information content (AvgIpc) is 2.63. The second kappa shape index (κ2) is 5.24. The maximum atomic E-state index is 6.51. The van der Waals surface area contributed by atoms with Crippen LogP contribution in [0.2, 0.25) is 0 Å². The van der Waals surface area contributed by atoms with Gasteiger partial charge in [-0.25, -0.2) is 0 Å². The lowest BCUT2D eigenvalue weighted by Crippen LogP contribution is -1.95. The fraction of sp³-hybridized carbons (Fsp3) is 0.333. The normalized spacial score (nSPS) is 12.7. The Morgan fingerprint density at radius 3 is 2.41 bits per heavy atom. The van der Waals surface area contributed by atoms with Crippen LogP contribution in [0.15, 0.2) is 30.3 Å². The van der Waals surface area contributed by atoms with Gasteiger partial charge in [-0.1, -0.05) is 24.3 Å². The average molecular weight is 265 g/mol. The monoisotopic (exact) mass is 264 g/mol. The van der Waals surface area contributed by atoms with Crippen LogP contribution in [-0.2, 0) is 6.42 Å². The first-order valence-corrected chi connectivity index (χ1v) is 7.08. The Balaban J connectivity index is 2.17. The molecule has 0 bridgehead atoms. The molecular formula is C15H17ClS. The highest BCUT2D eigenvalue weighted by molar-refractivity contribution is 7.12. The second-order valence-corrected chi connectivity index (χ2v) is 6.30. The van der Waals surface area contributed by atoms with Crippen molar-refractivity contribution >= 4 is 22.9 Å². The molecule has 0 fully saturated rings. The number of halogens is 1. The topological polar surface area (TPSA) is 0 Å². The van der Waals surface area contributed by atoms with E-state index in [2.05, 4.69) is 51.1 Å². The predicted octanol–water partition coefficient (Wildman–Crippen LogP) is 5.20. The van der Waals surface area contributed by atoms with Crippen LogP contribution in [0.1, 0.15) is 31.8 Å². The molecule has 1 unspecified atom stereocenters. The summed E-state index contributed by atoms with van der Waals surface area (Å²) >= 11 is 8.32. The summed E-state index contributed by atoms with van der Waals surface area (Å²) in [4.78, 5) is 2.65. The quantitative estimate of drug-likeness (QED) is 0.669. The molecule has 1 aromatic heterocycles. The third-order valence-electron chi connectivity index (χ3n) is 3.15. The van der Waals surface area contributed by atoms with Gasteiger partial charge in [-0.05, 0) is 49.9 Å². The summed E-state index contributed by atoms with van der Waals surface area (Å²) in [5.74, 6) is 0. The third kappa shape index (κ3) is 2.91. The Morgan fingerprint density at radius 2 is 1.82 bits per heavy atom. The summed E-state index contributed by atoms with van der Waals surface area (Å²) in [6, 6.07) is 10.7. The molecule has 90 valence electrons. The molecule has 1 atom stereocenters. The van der Waals surface area contributed by atoms with Crippen molar-refractivity contribution in [1.82, 2.24) is 0 Å². The van der Waals surface area contributed by atoms with Gasteiger partial charge in [0.2, 0.25) is 0 Å². The summed E-state index contributed by atoms with van der Waals surface area (Å²) in [6.45, 7) is 6.44. The maximum Gasteiger partial charge on any atom is 0.0719 e. The molecular weight excluding hydrogens is 248 g/mol. The molecule has 0 aliphatic rings. The van der Waals surface area contributed by atoms with Crippen molar-refractivity contribution in [3.05, 3.63) is 56.8 Å². The number of thiophene rings is 1. The predicted molar refractivity (Wildman–Crippen MR) is 77.3 cm³/mol. The van der Waals surface area contributed by atoms with Crippen LogP contribution >= 0.6 is 22.9 Å². The summed E-state index contributed by atoms with van der Waals surface area (Å²) < 4.78 is 0. The van der Waals surface area contributed by atoms with Gasteiger partial charge in [0.1, 0.15) is 0 Å². The zero-order valence-electron chi connectivity index (χ0n) is 10.5. The van der Waals surface area contributed by atoms with Crippen molar-refractivity contribution in [2.75, 3.05) is 0 Å². The molecule has 1 heterocycles. The Hall–Kier alpha value is -0.790. The summed E-state index contributed by atoms with van der Waals surface area (Å²) in [5, 5.41) is 0.0912. The number of hydrogen-bond donors (Lipinski definition) is 0. The zero-order valence-corrected chi connectivity index (χ0v) is 12.0. The van der Waals surface area contributed by atoms with E-state index in [4.69, 9.17) is 11.6 Å². The van der Waals surface area contributed by atoms with Crippen molar-refractivity contribution in [2.24, 2.45) is 0 Å². The molecule has 1 aromatic carbocycles. The molecule has 0 spiro atoms. The Kier molecular flexibility index (Phi) is 3.90. The lowest BCUT2D eigenvalue weighted by molar-refractivity contribution is 0.929. The molecule has 2 aromatic rings. The summed E-state index contributed by atoms with van der Waals surface area (Å²) in [6.07, 6.45) is 0.910. The highest BCUT2D eigenvalue weighted by atomic mass is 35.5. The summed E-state index contributed by atoms with van der Waals surface area (Å²) in [5.41, 5.74) is 4.01. The van der Waals surface area contributed by atoms with E-state index in [1.165, 1.54) is 26.4 Å². The van der Waals surface area contributed by atoms with Crippen LogP contribution in [0.4, 0.5) is 0 Å². The number of hydrogen-bond acceptors (Lipinski definition) is 1. The SMILES string of the molecule is Cc1ccccc1CC(Cl)c1cc(C)c(C)s1. The number of benzene rings is 1. The molecule has 0 saturated heterocycles. The number of rotatable bonds is 3. The third-order valence-corrected chi connectivity index (χ3v) is 4.94. The standard InChI is InChI=1S/C15H17ClS/c1-10-6-4-5-7-13(10)9-14(16)15-8-11(2)12(3)17-15/h4-8,14H,9H2,1-3H3. The van der Waals surface area contributed by atoms with Gasteiger partial charge in [-0.15, -0.1) is 22.9 Å². The van der Waals surface area contributed by atoms with E-state index in [0.29, 0.717) is 0 Å². The van der Waals surface area contributed by atoms with Crippen LogP contribution in [0, 0.1) is 20.8 Å². The first-order chi connectivity index (χ1) is 8.08. The van der Waals surface area contributed by atoms with E-state index in [-0.39, 0.29) is 5.38 Å². The molecule has 2 heteroatoms. The van der Waals surface area contributed by atoms with Crippen molar-refractivity contribution < 1.29 is 0 Å². The highest BCUT2D eigenvalue weighted by Crippen LogP contribution is 2.33. The van der Waals surface area contributed by atoms with E-state index in [1.807, 2.05) is 11.3 Å². The molecule has 2 rings (SSSR count).